The topological polar surface area (TPSA) is 93.0 Å². The number of aromatic nitrogens is 4. The molecule has 124 valence electrons. The third kappa shape index (κ3) is 3.50. The monoisotopic (exact) mass is 336 g/mol. The van der Waals surface area contributed by atoms with Crippen LogP contribution in [0, 0.1) is 6.92 Å². The summed E-state index contributed by atoms with van der Waals surface area (Å²) in [5.41, 5.74) is 0.901. The molecule has 2 aromatic heterocycles. The van der Waals surface area contributed by atoms with Crippen LogP contribution in [0.4, 0.5) is 5.82 Å². The van der Waals surface area contributed by atoms with Gasteiger partial charge in [-0.15, -0.1) is 0 Å². The number of hydrogen-bond donors (Lipinski definition) is 1. The van der Waals surface area contributed by atoms with Gasteiger partial charge in [-0.1, -0.05) is 0 Å². The van der Waals surface area contributed by atoms with Gasteiger partial charge in [-0.25, -0.2) is 23.4 Å². The van der Waals surface area contributed by atoms with Gasteiger partial charge < -0.3 is 9.88 Å². The van der Waals surface area contributed by atoms with Crippen molar-refractivity contribution in [2.24, 2.45) is 7.05 Å². The largest absolute Gasteiger partial charge is 0.367 e. The van der Waals surface area contributed by atoms with Crippen LogP contribution >= 0.6 is 0 Å². The molecule has 0 bridgehead atoms. The van der Waals surface area contributed by atoms with E-state index < -0.39 is 10.0 Å². The van der Waals surface area contributed by atoms with Gasteiger partial charge in [0.2, 0.25) is 0 Å². The van der Waals surface area contributed by atoms with Gasteiger partial charge in [0.15, 0.2) is 5.03 Å². The Morgan fingerprint density at radius 2 is 1.96 bits per heavy atom. The minimum Gasteiger partial charge on any atom is -0.367 e. The van der Waals surface area contributed by atoms with E-state index in [0.717, 1.165) is 24.4 Å². The average molecular weight is 336 g/mol. The van der Waals surface area contributed by atoms with E-state index in [2.05, 4.69) is 20.3 Å². The molecule has 0 amide bonds. The third-order valence-electron chi connectivity index (χ3n) is 3.90. The second-order valence-corrected chi connectivity index (χ2v) is 7.63. The van der Waals surface area contributed by atoms with Crippen molar-refractivity contribution in [1.82, 2.24) is 23.8 Å². The average Bonchev–Trinajstić information content (AvgIpc) is 2.95. The fourth-order valence-corrected chi connectivity index (χ4v) is 4.07. The molecule has 9 heteroatoms. The highest BCUT2D eigenvalue weighted by Gasteiger charge is 2.30. The molecule has 1 aliphatic rings. The molecule has 0 unspecified atom stereocenters. The van der Waals surface area contributed by atoms with Crippen LogP contribution < -0.4 is 5.32 Å². The lowest BCUT2D eigenvalue weighted by molar-refractivity contribution is 0.328. The summed E-state index contributed by atoms with van der Waals surface area (Å²) in [4.78, 5) is 12.2. The van der Waals surface area contributed by atoms with Crippen molar-refractivity contribution in [3.05, 3.63) is 30.6 Å². The summed E-state index contributed by atoms with van der Waals surface area (Å²) in [7, 11) is -1.74. The van der Waals surface area contributed by atoms with E-state index in [1.165, 1.54) is 23.2 Å². The number of piperidine rings is 1. The molecule has 3 heterocycles. The van der Waals surface area contributed by atoms with E-state index in [1.54, 1.807) is 11.6 Å². The molecule has 23 heavy (non-hydrogen) atoms. The molecular formula is C14H20N6O2S. The first-order valence-electron chi connectivity index (χ1n) is 7.48. The molecule has 1 aliphatic heterocycles. The standard InChI is InChI=1S/C14H20N6O2S/c1-11-7-13(16-9-15-11)18-12-3-5-20(6-4-12)23(21,22)14-8-19(2)10-17-14/h7-10,12H,3-6H2,1-2H3,(H,15,16,18). The zero-order valence-electron chi connectivity index (χ0n) is 13.2. The number of rotatable bonds is 4. The number of imidazole rings is 1. The SMILES string of the molecule is Cc1cc(NC2CCN(S(=O)(=O)c3cn(C)cn3)CC2)ncn1. The van der Waals surface area contributed by atoms with Crippen molar-refractivity contribution >= 4 is 15.8 Å². The smallest absolute Gasteiger partial charge is 0.262 e. The van der Waals surface area contributed by atoms with Crippen molar-refractivity contribution < 1.29 is 8.42 Å². The van der Waals surface area contributed by atoms with Crippen LogP contribution in [0.1, 0.15) is 18.5 Å². The zero-order chi connectivity index (χ0) is 16.4. The molecule has 0 atom stereocenters. The summed E-state index contributed by atoms with van der Waals surface area (Å²) in [6.07, 6.45) is 6.02. The fraction of sp³-hybridized carbons (Fsp3) is 0.500. The first-order chi connectivity index (χ1) is 10.9. The molecule has 0 spiro atoms. The predicted octanol–water partition coefficient (Wildman–Crippen LogP) is 0.784. The van der Waals surface area contributed by atoms with Crippen molar-refractivity contribution in [3.63, 3.8) is 0 Å². The van der Waals surface area contributed by atoms with Crippen LogP contribution in [0.2, 0.25) is 0 Å². The van der Waals surface area contributed by atoms with Crippen LogP contribution in [0.15, 0.2) is 29.9 Å². The number of nitrogens with zero attached hydrogens (tertiary/aromatic N) is 5. The quantitative estimate of drug-likeness (QED) is 0.887. The third-order valence-corrected chi connectivity index (χ3v) is 5.68. The first-order valence-corrected chi connectivity index (χ1v) is 8.92. The Balaban J connectivity index is 1.62. The summed E-state index contributed by atoms with van der Waals surface area (Å²) in [5, 5.41) is 3.45. The summed E-state index contributed by atoms with van der Waals surface area (Å²) < 4.78 is 28.2. The minimum atomic E-state index is -3.50. The number of hydrogen-bond acceptors (Lipinski definition) is 6. The second-order valence-electron chi connectivity index (χ2n) is 5.74. The van der Waals surface area contributed by atoms with Crippen molar-refractivity contribution in [1.29, 1.82) is 0 Å². The second kappa shape index (κ2) is 6.25. The molecule has 1 N–H and O–H groups in total. The molecule has 1 fully saturated rings. The Labute approximate surface area is 135 Å². The molecule has 8 nitrogen and oxygen atoms in total. The normalized spacial score (nSPS) is 17.3. The van der Waals surface area contributed by atoms with Gasteiger partial charge >= 0.3 is 0 Å². The molecule has 0 aromatic carbocycles. The van der Waals surface area contributed by atoms with Crippen LogP contribution in [-0.4, -0.2) is 51.4 Å². The van der Waals surface area contributed by atoms with E-state index in [9.17, 15) is 8.42 Å². The Bertz CT molecular complexity index is 780. The number of sulfonamides is 1. The van der Waals surface area contributed by atoms with E-state index in [1.807, 2.05) is 13.0 Å². The molecular weight excluding hydrogens is 316 g/mol. The maximum atomic E-state index is 12.5. The van der Waals surface area contributed by atoms with E-state index in [0.29, 0.717) is 13.1 Å². The van der Waals surface area contributed by atoms with Crippen LogP contribution in [-0.2, 0) is 17.1 Å². The highest BCUT2D eigenvalue weighted by Crippen LogP contribution is 2.21. The van der Waals surface area contributed by atoms with E-state index in [-0.39, 0.29) is 11.1 Å². The van der Waals surface area contributed by atoms with Crippen molar-refractivity contribution in [3.8, 4) is 0 Å². The maximum Gasteiger partial charge on any atom is 0.262 e. The van der Waals surface area contributed by atoms with E-state index in [4.69, 9.17) is 0 Å². The lowest BCUT2D eigenvalue weighted by atomic mass is 10.1. The summed E-state index contributed by atoms with van der Waals surface area (Å²) in [6.45, 7) is 2.86. The van der Waals surface area contributed by atoms with Gasteiger partial charge in [-0.05, 0) is 19.8 Å². The minimum absolute atomic E-state index is 0.109. The van der Waals surface area contributed by atoms with Crippen molar-refractivity contribution in [2.45, 2.75) is 30.8 Å². The number of aryl methyl sites for hydroxylation is 2. The Kier molecular flexibility index (Phi) is 4.31. The lowest BCUT2D eigenvalue weighted by Gasteiger charge is -2.31. The molecule has 3 rings (SSSR count). The van der Waals surface area contributed by atoms with E-state index >= 15 is 0 Å². The zero-order valence-corrected chi connectivity index (χ0v) is 14.0. The fourth-order valence-electron chi connectivity index (χ4n) is 2.64. The Hall–Kier alpha value is -2.00. The summed E-state index contributed by atoms with van der Waals surface area (Å²) in [5.74, 6) is 0.781. The maximum absolute atomic E-state index is 12.5. The highest BCUT2D eigenvalue weighted by atomic mass is 32.2. The van der Waals surface area contributed by atoms with Gasteiger partial charge in [-0.2, -0.15) is 4.31 Å². The molecule has 2 aromatic rings. The van der Waals surface area contributed by atoms with Gasteiger partial charge in [0.1, 0.15) is 12.1 Å². The lowest BCUT2D eigenvalue weighted by Crippen LogP contribution is -2.42. The molecule has 0 saturated carbocycles. The first kappa shape index (κ1) is 15.9. The number of nitrogens with one attached hydrogen (secondary N) is 1. The van der Waals surface area contributed by atoms with Crippen LogP contribution in [0.3, 0.4) is 0 Å². The summed E-state index contributed by atoms with van der Waals surface area (Å²) >= 11 is 0. The Morgan fingerprint density at radius 3 is 2.57 bits per heavy atom. The van der Waals surface area contributed by atoms with Gasteiger partial charge in [0.05, 0.1) is 6.33 Å². The van der Waals surface area contributed by atoms with Gasteiger partial charge in [0, 0.05) is 44.1 Å². The Morgan fingerprint density at radius 1 is 1.22 bits per heavy atom. The highest BCUT2D eigenvalue weighted by molar-refractivity contribution is 7.89. The summed E-state index contributed by atoms with van der Waals surface area (Å²) in [6, 6.07) is 2.09. The van der Waals surface area contributed by atoms with Crippen LogP contribution in [0.25, 0.3) is 0 Å². The molecule has 0 aliphatic carbocycles. The molecule has 0 radical (unpaired) electrons. The van der Waals surface area contributed by atoms with Gasteiger partial charge in [0.25, 0.3) is 10.0 Å². The predicted molar refractivity (Wildman–Crippen MR) is 85.4 cm³/mol. The van der Waals surface area contributed by atoms with Gasteiger partial charge in [-0.3, -0.25) is 0 Å². The van der Waals surface area contributed by atoms with Crippen LogP contribution in [0.5, 0.6) is 0 Å². The molecule has 1 saturated heterocycles. The number of anilines is 1. The van der Waals surface area contributed by atoms with Crippen molar-refractivity contribution in [2.75, 3.05) is 18.4 Å².